The number of aliphatic imine (C=N–C) groups is 1. The van der Waals surface area contributed by atoms with Crippen LogP contribution in [0.15, 0.2) is 23.2 Å². The number of aliphatic hydroxyl groups is 2. The number of Topliss-reactive ketones (excluding diaryl/α,β-unsaturated/α-hetero) is 1. The van der Waals surface area contributed by atoms with Gasteiger partial charge in [-0.15, -0.1) is 0 Å². The van der Waals surface area contributed by atoms with E-state index in [1.54, 1.807) is 6.07 Å². The minimum Gasteiger partial charge on any atom is -0.504 e. The number of methoxy groups -OCH3 is 1. The topological polar surface area (TPSA) is 167 Å². The molecule has 10 heteroatoms. The standard InChI is InChI=1S/C36H47N3O7/c1-20(2)19-39-36(37)38-15-14-28-27-9-4-6-22-16-25(41)18-24(40)12-10-21-11-13-30(42)33(45-3)26(21)8-5-7-23-17-29(22)31(27)34(32(23)43)46-35(28)44/h11,13,17,20,22,25,27-28,35,41-44H,4,6-7,9-10,12,14-16,18-19H2,1-3H3,(H3,37,38,39)/t22-,25+,27+,28+,35-/m0/s1. The van der Waals surface area contributed by atoms with Gasteiger partial charge in [-0.05, 0) is 67.1 Å². The van der Waals surface area contributed by atoms with Crippen molar-refractivity contribution in [1.82, 2.24) is 5.32 Å². The SMILES string of the molecule is COc1c(O)ccc2c1C#CCc1cc3c4c(c1O)O[C@H](O)[C@H](CCNC(N)=NCC(C)C)[C@H]4CCC[C@H]3C[C@@H](O)CC(=O)CC2. The lowest BCUT2D eigenvalue weighted by Crippen LogP contribution is -2.40. The number of nitrogens with one attached hydrogen (secondary N) is 1. The summed E-state index contributed by atoms with van der Waals surface area (Å²) in [5.74, 6) is 6.95. The molecule has 248 valence electrons. The Labute approximate surface area is 271 Å². The highest BCUT2D eigenvalue weighted by Gasteiger charge is 2.43. The molecule has 2 aromatic carbocycles. The number of rotatable bonds is 6. The van der Waals surface area contributed by atoms with Crippen molar-refractivity contribution in [3.05, 3.63) is 46.0 Å². The number of carbonyl (C=O) groups is 1. The first-order valence-corrected chi connectivity index (χ1v) is 16.4. The van der Waals surface area contributed by atoms with Crippen molar-refractivity contribution in [1.29, 1.82) is 0 Å². The molecule has 0 radical (unpaired) electrons. The highest BCUT2D eigenvalue weighted by Crippen LogP contribution is 2.54. The van der Waals surface area contributed by atoms with Gasteiger partial charge in [0.1, 0.15) is 5.78 Å². The Bertz CT molecular complexity index is 1530. The average molecular weight is 634 g/mol. The van der Waals surface area contributed by atoms with Gasteiger partial charge in [0.15, 0.2) is 29.0 Å². The largest absolute Gasteiger partial charge is 0.504 e. The molecule has 10 nitrogen and oxygen atoms in total. The number of aromatic hydroxyl groups is 2. The van der Waals surface area contributed by atoms with Crippen LogP contribution in [0.25, 0.3) is 0 Å². The first-order valence-electron chi connectivity index (χ1n) is 16.4. The van der Waals surface area contributed by atoms with Crippen molar-refractivity contribution < 1.29 is 34.7 Å². The van der Waals surface area contributed by atoms with E-state index in [1.807, 2.05) is 6.07 Å². The highest BCUT2D eigenvalue weighted by atomic mass is 16.6. The third-order valence-corrected chi connectivity index (χ3v) is 9.43. The predicted octanol–water partition coefficient (Wildman–Crippen LogP) is 3.99. The molecule has 3 aliphatic rings. The number of nitrogens with two attached hydrogens (primary N) is 1. The fourth-order valence-electron chi connectivity index (χ4n) is 7.17. The Morgan fingerprint density at radius 2 is 2.00 bits per heavy atom. The van der Waals surface area contributed by atoms with Crippen molar-refractivity contribution in [2.45, 2.75) is 95.9 Å². The fourth-order valence-corrected chi connectivity index (χ4v) is 7.17. The summed E-state index contributed by atoms with van der Waals surface area (Å²) >= 11 is 0. The summed E-state index contributed by atoms with van der Waals surface area (Å²) in [4.78, 5) is 17.4. The van der Waals surface area contributed by atoms with Crippen molar-refractivity contribution in [2.75, 3.05) is 20.2 Å². The number of aliphatic hydroxyl groups excluding tert-OH is 2. The monoisotopic (exact) mass is 633 g/mol. The molecule has 2 aromatic rings. The molecule has 1 aliphatic heterocycles. The van der Waals surface area contributed by atoms with Crippen LogP contribution in [0, 0.1) is 23.7 Å². The summed E-state index contributed by atoms with van der Waals surface area (Å²) in [6.07, 6.45) is 2.26. The van der Waals surface area contributed by atoms with Crippen LogP contribution >= 0.6 is 0 Å². The Kier molecular flexibility index (Phi) is 10.6. The summed E-state index contributed by atoms with van der Waals surface area (Å²) in [5.41, 5.74) is 9.68. The van der Waals surface area contributed by atoms with Gasteiger partial charge >= 0.3 is 0 Å². The quantitative estimate of drug-likeness (QED) is 0.157. The molecular formula is C36H47N3O7. The molecule has 0 spiro atoms. The number of ketones is 1. The van der Waals surface area contributed by atoms with E-state index in [-0.39, 0.29) is 65.8 Å². The van der Waals surface area contributed by atoms with Gasteiger partial charge < -0.3 is 41.0 Å². The third kappa shape index (κ3) is 7.37. The van der Waals surface area contributed by atoms with Crippen molar-refractivity contribution in [2.24, 2.45) is 22.6 Å². The fraction of sp³-hybridized carbons (Fsp3) is 0.556. The molecule has 0 unspecified atom stereocenters. The van der Waals surface area contributed by atoms with E-state index in [1.165, 1.54) is 13.2 Å². The summed E-state index contributed by atoms with van der Waals surface area (Å²) in [7, 11) is 1.45. The van der Waals surface area contributed by atoms with Gasteiger partial charge in [-0.2, -0.15) is 0 Å². The van der Waals surface area contributed by atoms with Crippen LogP contribution < -0.4 is 20.5 Å². The van der Waals surface area contributed by atoms with E-state index in [9.17, 15) is 25.2 Å². The van der Waals surface area contributed by atoms with Crippen LogP contribution in [-0.4, -0.2) is 64.8 Å². The summed E-state index contributed by atoms with van der Waals surface area (Å²) in [6.45, 7) is 5.28. The number of guanidine groups is 1. The molecule has 0 amide bonds. The number of fused-ring (bicyclic) bond motifs is 2. The molecule has 2 aliphatic carbocycles. The molecule has 2 bridgehead atoms. The number of carbonyl (C=O) groups excluding carboxylic acids is 1. The van der Waals surface area contributed by atoms with Gasteiger partial charge in [0.2, 0.25) is 6.29 Å². The summed E-state index contributed by atoms with van der Waals surface area (Å²) in [5, 5.41) is 47.5. The minimum atomic E-state index is -1.14. The van der Waals surface area contributed by atoms with Gasteiger partial charge in [0.25, 0.3) is 0 Å². The lowest BCUT2D eigenvalue weighted by molar-refractivity contribution is -0.121. The van der Waals surface area contributed by atoms with Crippen LogP contribution in [0.1, 0.15) is 98.4 Å². The smallest absolute Gasteiger partial charge is 0.201 e. The number of phenolic OH excluding ortho intramolecular Hbond substituents is 2. The molecule has 46 heavy (non-hydrogen) atoms. The Morgan fingerprint density at radius 1 is 1.20 bits per heavy atom. The normalized spacial score (nSPS) is 24.8. The Morgan fingerprint density at radius 3 is 2.76 bits per heavy atom. The number of aryl methyl sites for hydroxylation is 1. The molecular weight excluding hydrogens is 586 g/mol. The summed E-state index contributed by atoms with van der Waals surface area (Å²) in [6, 6.07) is 5.22. The molecule has 0 saturated heterocycles. The second kappa shape index (κ2) is 14.7. The zero-order valence-corrected chi connectivity index (χ0v) is 27.0. The lowest BCUT2D eigenvalue weighted by Gasteiger charge is -2.39. The van der Waals surface area contributed by atoms with Crippen LogP contribution in [0.4, 0.5) is 0 Å². The second-order valence-electron chi connectivity index (χ2n) is 13.2. The van der Waals surface area contributed by atoms with Gasteiger partial charge in [-0.25, -0.2) is 0 Å². The average Bonchev–Trinajstić information content (AvgIpc) is 3.18. The Balaban J connectivity index is 1.53. The Hall–Kier alpha value is -3.94. The number of benzene rings is 2. The number of hydrogen-bond acceptors (Lipinski definition) is 8. The van der Waals surface area contributed by atoms with Gasteiger partial charge in [-0.1, -0.05) is 44.2 Å². The first kappa shape index (κ1) is 33.4. The van der Waals surface area contributed by atoms with Crippen LogP contribution in [0.5, 0.6) is 23.0 Å². The van der Waals surface area contributed by atoms with Gasteiger partial charge in [0, 0.05) is 49.4 Å². The van der Waals surface area contributed by atoms with Crippen LogP contribution in [0.3, 0.4) is 0 Å². The molecule has 0 fully saturated rings. The molecule has 7 N–H and O–H groups in total. The lowest BCUT2D eigenvalue weighted by atomic mass is 9.75. The van der Waals surface area contributed by atoms with E-state index in [0.717, 1.165) is 36.0 Å². The molecule has 1 heterocycles. The van der Waals surface area contributed by atoms with E-state index < -0.39 is 12.4 Å². The zero-order chi connectivity index (χ0) is 33.0. The predicted molar refractivity (Wildman–Crippen MR) is 175 cm³/mol. The van der Waals surface area contributed by atoms with Crippen molar-refractivity contribution in [3.63, 3.8) is 0 Å². The maximum Gasteiger partial charge on any atom is 0.201 e. The first-order chi connectivity index (χ1) is 22.1. The maximum absolute atomic E-state index is 13.0. The van der Waals surface area contributed by atoms with E-state index in [4.69, 9.17) is 15.2 Å². The van der Waals surface area contributed by atoms with Gasteiger partial charge in [0.05, 0.1) is 18.8 Å². The highest BCUT2D eigenvalue weighted by molar-refractivity contribution is 5.79. The van der Waals surface area contributed by atoms with Crippen LogP contribution in [0.2, 0.25) is 0 Å². The minimum absolute atomic E-state index is 0.0343. The zero-order valence-electron chi connectivity index (χ0n) is 27.0. The third-order valence-electron chi connectivity index (χ3n) is 9.43. The van der Waals surface area contributed by atoms with E-state index in [2.05, 4.69) is 36.0 Å². The second-order valence-corrected chi connectivity index (χ2v) is 13.2. The molecule has 5 atom stereocenters. The maximum atomic E-state index is 13.0. The van der Waals surface area contributed by atoms with Crippen molar-refractivity contribution in [3.8, 4) is 34.8 Å². The molecule has 0 aromatic heterocycles. The summed E-state index contributed by atoms with van der Waals surface area (Å²) < 4.78 is 11.6. The molecule has 0 saturated carbocycles. The van der Waals surface area contributed by atoms with Crippen molar-refractivity contribution >= 4 is 11.7 Å². The van der Waals surface area contributed by atoms with E-state index in [0.29, 0.717) is 55.4 Å². The van der Waals surface area contributed by atoms with E-state index >= 15 is 0 Å². The number of hydrogen-bond donors (Lipinski definition) is 6. The van der Waals surface area contributed by atoms with Gasteiger partial charge in [-0.3, -0.25) is 9.79 Å². The number of nitrogens with zero attached hydrogens (tertiary/aromatic N) is 1. The number of ether oxygens (including phenoxy) is 2. The number of phenols is 2. The van der Waals surface area contributed by atoms with Crippen LogP contribution in [-0.2, 0) is 17.6 Å². The molecule has 5 rings (SSSR count).